The molecule has 4 aromatic carbocycles. The van der Waals surface area contributed by atoms with E-state index < -0.39 is 11.9 Å². The van der Waals surface area contributed by atoms with Crippen molar-refractivity contribution in [3.05, 3.63) is 101 Å². The van der Waals surface area contributed by atoms with Gasteiger partial charge in [0.15, 0.2) is 18.1 Å². The van der Waals surface area contributed by atoms with Crippen LogP contribution in [0, 0.1) is 0 Å². The van der Waals surface area contributed by atoms with Crippen LogP contribution in [0.3, 0.4) is 0 Å². The van der Waals surface area contributed by atoms with Crippen LogP contribution in [0.5, 0.6) is 17.2 Å². The SMILES string of the molecule is CCOc1cc(/C=N/NC(=O)COc2ccc3ccccc3c2Br)ccc1OC(=O)c1ccccc1. The molecule has 0 atom stereocenters. The van der Waals surface area contributed by atoms with Gasteiger partial charge in [0.2, 0.25) is 0 Å². The zero-order valence-electron chi connectivity index (χ0n) is 19.4. The molecule has 0 heterocycles. The number of hydrazone groups is 1. The first-order valence-corrected chi connectivity index (χ1v) is 12.0. The molecule has 0 saturated heterocycles. The quantitative estimate of drug-likeness (QED) is 0.125. The number of nitrogens with zero attached hydrogens (tertiary/aromatic N) is 1. The van der Waals surface area contributed by atoms with Gasteiger partial charge in [-0.2, -0.15) is 5.10 Å². The molecular formula is C28H23BrN2O5. The Balaban J connectivity index is 1.35. The Morgan fingerprint density at radius 1 is 0.889 bits per heavy atom. The lowest BCUT2D eigenvalue weighted by atomic mass is 10.1. The highest BCUT2D eigenvalue weighted by Crippen LogP contribution is 2.33. The highest BCUT2D eigenvalue weighted by molar-refractivity contribution is 9.10. The molecule has 36 heavy (non-hydrogen) atoms. The zero-order chi connectivity index (χ0) is 25.3. The van der Waals surface area contributed by atoms with Gasteiger partial charge < -0.3 is 14.2 Å². The summed E-state index contributed by atoms with van der Waals surface area (Å²) < 4.78 is 17.5. The molecule has 1 amide bonds. The van der Waals surface area contributed by atoms with Gasteiger partial charge in [0.25, 0.3) is 5.91 Å². The summed E-state index contributed by atoms with van der Waals surface area (Å²) in [5, 5.41) is 6.05. The van der Waals surface area contributed by atoms with E-state index in [1.54, 1.807) is 42.5 Å². The standard InChI is InChI=1S/C28H23BrN2O5/c1-2-34-25-16-19(12-14-23(25)36-28(33)21-9-4-3-5-10-21)17-30-31-26(32)18-35-24-15-13-20-8-6-7-11-22(20)27(24)29/h3-17H,2,18H2,1H3,(H,31,32)/b30-17+. The monoisotopic (exact) mass is 546 g/mol. The summed E-state index contributed by atoms with van der Waals surface area (Å²) >= 11 is 3.54. The van der Waals surface area contributed by atoms with Crippen LogP contribution >= 0.6 is 15.9 Å². The molecule has 4 aromatic rings. The highest BCUT2D eigenvalue weighted by atomic mass is 79.9. The van der Waals surface area contributed by atoms with Crippen molar-refractivity contribution < 1.29 is 23.8 Å². The molecule has 182 valence electrons. The first-order chi connectivity index (χ1) is 17.5. The van der Waals surface area contributed by atoms with E-state index in [0.29, 0.717) is 35.0 Å². The summed E-state index contributed by atoms with van der Waals surface area (Å²) in [7, 11) is 0. The van der Waals surface area contributed by atoms with Crippen molar-refractivity contribution in [1.29, 1.82) is 0 Å². The summed E-state index contributed by atoms with van der Waals surface area (Å²) in [6.07, 6.45) is 1.47. The number of carbonyl (C=O) groups is 2. The second-order valence-electron chi connectivity index (χ2n) is 7.58. The molecular weight excluding hydrogens is 524 g/mol. The maximum Gasteiger partial charge on any atom is 0.343 e. The molecule has 0 spiro atoms. The number of carbonyl (C=O) groups excluding carboxylic acids is 2. The van der Waals surface area contributed by atoms with Crippen LogP contribution in [0.4, 0.5) is 0 Å². The summed E-state index contributed by atoms with van der Waals surface area (Å²) in [4.78, 5) is 24.6. The molecule has 0 aliphatic heterocycles. The van der Waals surface area contributed by atoms with Crippen LogP contribution in [0.1, 0.15) is 22.8 Å². The van der Waals surface area contributed by atoms with Crippen LogP contribution in [0.15, 0.2) is 94.5 Å². The molecule has 0 radical (unpaired) electrons. The second kappa shape index (κ2) is 12.0. The molecule has 4 rings (SSSR count). The van der Waals surface area contributed by atoms with Crippen molar-refractivity contribution in [2.24, 2.45) is 5.10 Å². The van der Waals surface area contributed by atoms with Gasteiger partial charge in [-0.05, 0) is 75.6 Å². The predicted octanol–water partition coefficient (Wildman–Crippen LogP) is 5.75. The normalized spacial score (nSPS) is 10.8. The molecule has 1 N–H and O–H groups in total. The minimum Gasteiger partial charge on any atom is -0.490 e. The fraction of sp³-hybridized carbons (Fsp3) is 0.107. The first-order valence-electron chi connectivity index (χ1n) is 11.2. The van der Waals surface area contributed by atoms with Crippen molar-refractivity contribution >= 4 is 44.8 Å². The molecule has 0 bridgehead atoms. The van der Waals surface area contributed by atoms with Crippen LogP contribution in [0.25, 0.3) is 10.8 Å². The Morgan fingerprint density at radius 3 is 2.44 bits per heavy atom. The van der Waals surface area contributed by atoms with Crippen LogP contribution in [0.2, 0.25) is 0 Å². The Kier molecular flexibility index (Phi) is 8.31. The minimum atomic E-state index is -0.483. The molecule has 0 unspecified atom stereocenters. The number of hydrogen-bond acceptors (Lipinski definition) is 6. The summed E-state index contributed by atoms with van der Waals surface area (Å²) in [5.41, 5.74) is 3.53. The van der Waals surface area contributed by atoms with E-state index in [9.17, 15) is 9.59 Å². The van der Waals surface area contributed by atoms with Gasteiger partial charge in [-0.3, -0.25) is 4.79 Å². The summed E-state index contributed by atoms with van der Waals surface area (Å²) in [6.45, 7) is 2.01. The van der Waals surface area contributed by atoms with Gasteiger partial charge in [-0.15, -0.1) is 0 Å². The number of hydrogen-bond donors (Lipinski definition) is 1. The van der Waals surface area contributed by atoms with Gasteiger partial charge in [-0.25, -0.2) is 10.2 Å². The van der Waals surface area contributed by atoms with Crippen molar-refractivity contribution in [3.63, 3.8) is 0 Å². The predicted molar refractivity (Wildman–Crippen MR) is 142 cm³/mol. The van der Waals surface area contributed by atoms with Gasteiger partial charge in [0.1, 0.15) is 5.75 Å². The Labute approximate surface area is 216 Å². The summed E-state index contributed by atoms with van der Waals surface area (Å²) in [6, 6.07) is 25.3. The lowest BCUT2D eigenvalue weighted by molar-refractivity contribution is -0.123. The van der Waals surface area contributed by atoms with Crippen LogP contribution in [-0.2, 0) is 4.79 Å². The summed E-state index contributed by atoms with van der Waals surface area (Å²) in [5.74, 6) is 0.352. The lowest BCUT2D eigenvalue weighted by Gasteiger charge is -2.11. The Hall–Kier alpha value is -4.17. The molecule has 0 aliphatic rings. The highest BCUT2D eigenvalue weighted by Gasteiger charge is 2.13. The maximum atomic E-state index is 12.4. The first kappa shape index (κ1) is 24.9. The molecule has 0 aliphatic carbocycles. The van der Waals surface area contributed by atoms with Gasteiger partial charge in [0.05, 0.1) is 22.9 Å². The van der Waals surface area contributed by atoms with Crippen molar-refractivity contribution in [2.75, 3.05) is 13.2 Å². The lowest BCUT2D eigenvalue weighted by Crippen LogP contribution is -2.24. The average Bonchev–Trinajstić information content (AvgIpc) is 2.90. The van der Waals surface area contributed by atoms with E-state index in [2.05, 4.69) is 26.5 Å². The fourth-order valence-electron chi connectivity index (χ4n) is 3.37. The third-order valence-corrected chi connectivity index (χ3v) is 5.89. The molecule has 0 saturated carbocycles. The Bertz CT molecular complexity index is 1410. The van der Waals surface area contributed by atoms with E-state index in [1.807, 2.05) is 49.4 Å². The smallest absolute Gasteiger partial charge is 0.343 e. The number of rotatable bonds is 9. The van der Waals surface area contributed by atoms with E-state index in [4.69, 9.17) is 14.2 Å². The van der Waals surface area contributed by atoms with E-state index >= 15 is 0 Å². The van der Waals surface area contributed by atoms with Crippen molar-refractivity contribution in [3.8, 4) is 17.2 Å². The van der Waals surface area contributed by atoms with Crippen LogP contribution in [-0.4, -0.2) is 31.3 Å². The topological polar surface area (TPSA) is 86.2 Å². The van der Waals surface area contributed by atoms with E-state index in [1.165, 1.54) is 6.21 Å². The molecule has 7 nitrogen and oxygen atoms in total. The fourth-order valence-corrected chi connectivity index (χ4v) is 3.98. The number of benzene rings is 4. The van der Waals surface area contributed by atoms with Gasteiger partial charge in [-0.1, -0.05) is 48.5 Å². The third kappa shape index (κ3) is 6.28. The van der Waals surface area contributed by atoms with Gasteiger partial charge in [0, 0.05) is 0 Å². The van der Waals surface area contributed by atoms with Crippen molar-refractivity contribution in [1.82, 2.24) is 5.43 Å². The molecule has 8 heteroatoms. The number of ether oxygens (including phenoxy) is 3. The Morgan fingerprint density at radius 2 is 1.64 bits per heavy atom. The largest absolute Gasteiger partial charge is 0.490 e. The second-order valence-corrected chi connectivity index (χ2v) is 8.37. The third-order valence-electron chi connectivity index (χ3n) is 5.07. The number of esters is 1. The van der Waals surface area contributed by atoms with Crippen LogP contribution < -0.4 is 19.6 Å². The minimum absolute atomic E-state index is 0.202. The molecule has 0 fully saturated rings. The average molecular weight is 547 g/mol. The number of halogens is 1. The number of fused-ring (bicyclic) bond motifs is 1. The number of nitrogens with one attached hydrogen (secondary N) is 1. The van der Waals surface area contributed by atoms with E-state index in [-0.39, 0.29) is 6.61 Å². The van der Waals surface area contributed by atoms with E-state index in [0.717, 1.165) is 15.2 Å². The van der Waals surface area contributed by atoms with Gasteiger partial charge >= 0.3 is 5.97 Å². The maximum absolute atomic E-state index is 12.4. The number of amides is 1. The van der Waals surface area contributed by atoms with Crippen molar-refractivity contribution in [2.45, 2.75) is 6.92 Å². The zero-order valence-corrected chi connectivity index (χ0v) is 21.0. The molecule has 0 aromatic heterocycles.